The molecule has 2 amide bonds. The van der Waals surface area contributed by atoms with Crippen molar-refractivity contribution in [2.45, 2.75) is 6.04 Å². The van der Waals surface area contributed by atoms with Gasteiger partial charge in [0.05, 0.1) is 17.3 Å². The molecule has 5 rings (SSSR count). The molecular formula is C33H30FN3O2. The van der Waals surface area contributed by atoms with E-state index < -0.39 is 0 Å². The van der Waals surface area contributed by atoms with Crippen LogP contribution >= 0.6 is 0 Å². The normalized spacial score (nSPS) is 14.1. The molecule has 6 heteroatoms. The molecule has 0 bridgehead atoms. The lowest BCUT2D eigenvalue weighted by Gasteiger charge is -2.40. The van der Waals surface area contributed by atoms with Crippen molar-refractivity contribution in [3.8, 4) is 0 Å². The van der Waals surface area contributed by atoms with Crippen molar-refractivity contribution in [3.63, 3.8) is 0 Å². The maximum Gasteiger partial charge on any atom is 0.256 e. The maximum atomic E-state index is 13.5. The van der Waals surface area contributed by atoms with E-state index in [1.165, 1.54) is 29.3 Å². The van der Waals surface area contributed by atoms with Crippen molar-refractivity contribution in [1.82, 2.24) is 9.80 Å². The summed E-state index contributed by atoms with van der Waals surface area (Å²) in [5.74, 6) is -0.803. The predicted octanol–water partition coefficient (Wildman–Crippen LogP) is 6.03. The summed E-state index contributed by atoms with van der Waals surface area (Å²) in [5, 5.41) is 2.82. The first kappa shape index (κ1) is 26.1. The van der Waals surface area contributed by atoms with Gasteiger partial charge in [-0.25, -0.2) is 4.39 Å². The SMILES string of the molecule is O=C(C=Cc1ccc(F)cc1)Nc1ccccc1C(=O)N1CCN(C(c2ccccc2)c2ccccc2)CC1. The van der Waals surface area contributed by atoms with Gasteiger partial charge in [0.2, 0.25) is 5.91 Å². The zero-order chi connectivity index (χ0) is 27.0. The van der Waals surface area contributed by atoms with Gasteiger partial charge in [-0.3, -0.25) is 14.5 Å². The summed E-state index contributed by atoms with van der Waals surface area (Å²) in [7, 11) is 0. The first-order valence-electron chi connectivity index (χ1n) is 13.1. The van der Waals surface area contributed by atoms with Gasteiger partial charge in [-0.05, 0) is 47.0 Å². The molecular weight excluding hydrogens is 489 g/mol. The van der Waals surface area contributed by atoms with Gasteiger partial charge in [-0.1, -0.05) is 84.9 Å². The molecule has 0 unspecified atom stereocenters. The Balaban J connectivity index is 1.26. The molecule has 39 heavy (non-hydrogen) atoms. The second-order valence-electron chi connectivity index (χ2n) is 9.47. The number of para-hydroxylation sites is 1. The number of nitrogens with zero attached hydrogens (tertiary/aromatic N) is 2. The fourth-order valence-electron chi connectivity index (χ4n) is 4.94. The Labute approximate surface area is 228 Å². The van der Waals surface area contributed by atoms with Gasteiger partial charge in [0, 0.05) is 32.3 Å². The second-order valence-corrected chi connectivity index (χ2v) is 9.47. The van der Waals surface area contributed by atoms with Crippen LogP contribution in [0.4, 0.5) is 10.1 Å². The Bertz CT molecular complexity index is 1390. The maximum absolute atomic E-state index is 13.5. The van der Waals surface area contributed by atoms with E-state index in [4.69, 9.17) is 0 Å². The summed E-state index contributed by atoms with van der Waals surface area (Å²) >= 11 is 0. The van der Waals surface area contributed by atoms with Crippen LogP contribution < -0.4 is 5.32 Å². The Kier molecular flexibility index (Phi) is 8.24. The highest BCUT2D eigenvalue weighted by Gasteiger charge is 2.29. The average Bonchev–Trinajstić information content (AvgIpc) is 2.98. The molecule has 1 aliphatic rings. The molecule has 4 aromatic rings. The van der Waals surface area contributed by atoms with Crippen molar-refractivity contribution >= 4 is 23.6 Å². The van der Waals surface area contributed by atoms with Crippen molar-refractivity contribution < 1.29 is 14.0 Å². The van der Waals surface area contributed by atoms with Crippen molar-refractivity contribution in [2.75, 3.05) is 31.5 Å². The van der Waals surface area contributed by atoms with E-state index in [1.54, 1.807) is 42.5 Å². The third-order valence-electron chi connectivity index (χ3n) is 6.91. The number of rotatable bonds is 7. The summed E-state index contributed by atoms with van der Waals surface area (Å²) in [6.07, 6.45) is 2.98. The van der Waals surface area contributed by atoms with Gasteiger partial charge in [-0.15, -0.1) is 0 Å². The van der Waals surface area contributed by atoms with Gasteiger partial charge in [0.25, 0.3) is 5.91 Å². The number of piperazine rings is 1. The molecule has 0 saturated carbocycles. The number of anilines is 1. The molecule has 1 aliphatic heterocycles. The zero-order valence-electron chi connectivity index (χ0n) is 21.5. The summed E-state index contributed by atoms with van der Waals surface area (Å²) in [6.45, 7) is 2.63. The number of carbonyl (C=O) groups excluding carboxylic acids is 2. The lowest BCUT2D eigenvalue weighted by molar-refractivity contribution is -0.111. The van der Waals surface area contributed by atoms with Crippen LogP contribution in [0.5, 0.6) is 0 Å². The lowest BCUT2D eigenvalue weighted by Crippen LogP contribution is -2.50. The molecule has 1 saturated heterocycles. The number of carbonyl (C=O) groups is 2. The molecule has 4 aromatic carbocycles. The monoisotopic (exact) mass is 519 g/mol. The number of hydrogen-bond donors (Lipinski definition) is 1. The number of hydrogen-bond acceptors (Lipinski definition) is 3. The van der Waals surface area contributed by atoms with Crippen LogP contribution in [0.2, 0.25) is 0 Å². The minimum Gasteiger partial charge on any atom is -0.336 e. The summed E-state index contributed by atoms with van der Waals surface area (Å²) in [5.41, 5.74) is 4.08. The van der Waals surface area contributed by atoms with E-state index in [0.29, 0.717) is 29.9 Å². The zero-order valence-corrected chi connectivity index (χ0v) is 21.5. The third-order valence-corrected chi connectivity index (χ3v) is 6.91. The Morgan fingerprint density at radius 2 is 1.28 bits per heavy atom. The summed E-state index contributed by atoms with van der Waals surface area (Å²) in [4.78, 5) is 30.4. The molecule has 0 spiro atoms. The Morgan fingerprint density at radius 3 is 1.90 bits per heavy atom. The Morgan fingerprint density at radius 1 is 0.718 bits per heavy atom. The quantitative estimate of drug-likeness (QED) is 0.304. The van der Waals surface area contributed by atoms with E-state index in [-0.39, 0.29) is 23.7 Å². The highest BCUT2D eigenvalue weighted by molar-refractivity contribution is 6.07. The summed E-state index contributed by atoms with van der Waals surface area (Å²) < 4.78 is 13.1. The fourth-order valence-corrected chi connectivity index (χ4v) is 4.94. The van der Waals surface area contributed by atoms with E-state index in [1.807, 2.05) is 17.0 Å². The van der Waals surface area contributed by atoms with Crippen molar-refractivity contribution in [3.05, 3.63) is 143 Å². The topological polar surface area (TPSA) is 52.7 Å². The largest absolute Gasteiger partial charge is 0.336 e. The van der Waals surface area contributed by atoms with Crippen molar-refractivity contribution in [1.29, 1.82) is 0 Å². The van der Waals surface area contributed by atoms with E-state index in [9.17, 15) is 14.0 Å². The van der Waals surface area contributed by atoms with Crippen LogP contribution in [0.3, 0.4) is 0 Å². The highest BCUT2D eigenvalue weighted by Crippen LogP contribution is 2.30. The minimum absolute atomic E-state index is 0.107. The van der Waals surface area contributed by atoms with Gasteiger partial charge < -0.3 is 10.2 Å². The van der Waals surface area contributed by atoms with Gasteiger partial charge >= 0.3 is 0 Å². The Hall–Kier alpha value is -4.55. The number of nitrogens with one attached hydrogen (secondary N) is 1. The van der Waals surface area contributed by atoms with E-state index >= 15 is 0 Å². The molecule has 1 fully saturated rings. The van der Waals surface area contributed by atoms with Gasteiger partial charge in [0.1, 0.15) is 5.82 Å². The van der Waals surface area contributed by atoms with Crippen LogP contribution in [-0.2, 0) is 4.79 Å². The molecule has 0 atom stereocenters. The lowest BCUT2D eigenvalue weighted by atomic mass is 9.96. The second kappa shape index (κ2) is 12.3. The predicted molar refractivity (Wildman–Crippen MR) is 153 cm³/mol. The van der Waals surface area contributed by atoms with Crippen LogP contribution in [0.25, 0.3) is 6.08 Å². The van der Waals surface area contributed by atoms with Crippen LogP contribution in [-0.4, -0.2) is 47.8 Å². The number of amides is 2. The standard InChI is InChI=1S/C33H30FN3O2/c34-28-18-15-25(16-19-28)17-20-31(38)35-30-14-8-7-13-29(30)33(39)37-23-21-36(22-24-37)32(26-9-3-1-4-10-26)27-11-5-2-6-12-27/h1-20,32H,21-24H2,(H,35,38). The molecule has 0 radical (unpaired) electrons. The smallest absolute Gasteiger partial charge is 0.256 e. The number of benzene rings is 4. The molecule has 5 nitrogen and oxygen atoms in total. The summed E-state index contributed by atoms with van der Waals surface area (Å²) in [6, 6.07) is 33.9. The van der Waals surface area contributed by atoms with Crippen LogP contribution in [0.1, 0.15) is 33.1 Å². The molecule has 1 N–H and O–H groups in total. The van der Waals surface area contributed by atoms with Gasteiger partial charge in [-0.2, -0.15) is 0 Å². The molecule has 0 aromatic heterocycles. The van der Waals surface area contributed by atoms with Crippen LogP contribution in [0, 0.1) is 5.82 Å². The minimum atomic E-state index is -0.363. The van der Waals surface area contributed by atoms with E-state index in [2.05, 4.69) is 58.7 Å². The van der Waals surface area contributed by atoms with E-state index in [0.717, 1.165) is 13.1 Å². The molecule has 1 heterocycles. The molecule has 196 valence electrons. The average molecular weight is 520 g/mol. The third kappa shape index (κ3) is 6.48. The van der Waals surface area contributed by atoms with Crippen LogP contribution in [0.15, 0.2) is 115 Å². The fraction of sp³-hybridized carbons (Fsp3) is 0.152. The first-order valence-corrected chi connectivity index (χ1v) is 13.1. The molecule has 0 aliphatic carbocycles. The number of halogens is 1. The van der Waals surface area contributed by atoms with Crippen molar-refractivity contribution in [2.24, 2.45) is 0 Å². The highest BCUT2D eigenvalue weighted by atomic mass is 19.1. The van der Waals surface area contributed by atoms with Gasteiger partial charge in [0.15, 0.2) is 0 Å². The first-order chi connectivity index (χ1) is 19.1.